The van der Waals surface area contributed by atoms with E-state index in [-0.39, 0.29) is 29.7 Å². The fourth-order valence-electron chi connectivity index (χ4n) is 4.27. The van der Waals surface area contributed by atoms with Crippen LogP contribution >= 0.6 is 11.6 Å². The van der Waals surface area contributed by atoms with E-state index >= 15 is 0 Å². The van der Waals surface area contributed by atoms with E-state index in [2.05, 4.69) is 30.9 Å². The molecule has 1 atom stereocenters. The molecule has 0 saturated heterocycles. The van der Waals surface area contributed by atoms with Crippen LogP contribution in [-0.4, -0.2) is 56.6 Å². The van der Waals surface area contributed by atoms with E-state index < -0.39 is 42.3 Å². The van der Waals surface area contributed by atoms with Crippen LogP contribution in [-0.2, 0) is 10.3 Å². The summed E-state index contributed by atoms with van der Waals surface area (Å²) in [5.41, 5.74) is 6.25. The Kier molecular flexibility index (Phi) is 10.1. The molecule has 0 radical (unpaired) electrons. The number of benzene rings is 2. The minimum atomic E-state index is -4.61. The highest BCUT2D eigenvalue weighted by molar-refractivity contribution is 6.30. The zero-order valence-electron chi connectivity index (χ0n) is 23.2. The highest BCUT2D eigenvalue weighted by atomic mass is 35.5. The summed E-state index contributed by atoms with van der Waals surface area (Å²) in [6.45, 7) is -1.60. The predicted octanol–water partition coefficient (Wildman–Crippen LogP) is 4.99. The number of carboxylic acid groups (broad SMARTS) is 1. The minimum Gasteiger partial charge on any atom is -0.480 e. The minimum absolute atomic E-state index is 0.00821. The highest BCUT2D eigenvalue weighted by Crippen LogP contribution is 2.48. The Labute approximate surface area is 255 Å². The van der Waals surface area contributed by atoms with Gasteiger partial charge in [-0.05, 0) is 67.6 Å². The van der Waals surface area contributed by atoms with Crippen molar-refractivity contribution in [3.8, 4) is 6.01 Å². The van der Waals surface area contributed by atoms with Crippen molar-refractivity contribution in [3.05, 3.63) is 64.7 Å². The lowest BCUT2D eigenvalue weighted by Crippen LogP contribution is -2.40. The molecule has 0 aliphatic heterocycles. The van der Waals surface area contributed by atoms with Gasteiger partial charge in [0.15, 0.2) is 6.61 Å². The Balaban J connectivity index is 1.46. The molecule has 3 aromatic rings. The van der Waals surface area contributed by atoms with Crippen molar-refractivity contribution < 1.29 is 32.6 Å². The van der Waals surface area contributed by atoms with Gasteiger partial charge in [-0.3, -0.25) is 10.2 Å². The number of amidine groups is 1. The summed E-state index contributed by atoms with van der Waals surface area (Å²) in [4.78, 5) is 36.6. The number of carbonyl (C=O) groups excluding carboxylic acids is 1. The molecule has 12 nitrogen and oxygen atoms in total. The Morgan fingerprint density at radius 2 is 1.70 bits per heavy atom. The molecule has 0 unspecified atom stereocenters. The molecule has 1 heterocycles. The fourth-order valence-corrected chi connectivity index (χ4v) is 4.40. The van der Waals surface area contributed by atoms with E-state index in [1.807, 2.05) is 12.1 Å². The number of hydrogen-bond acceptors (Lipinski definition) is 9. The third-order valence-corrected chi connectivity index (χ3v) is 6.93. The van der Waals surface area contributed by atoms with Crippen LogP contribution in [0, 0.1) is 5.41 Å². The lowest BCUT2D eigenvalue weighted by molar-refractivity contribution is -0.154. The molecule has 1 aliphatic rings. The SMILES string of the molecule is N=C(N)CCCC[C@H](NC(=O)c1ccc(Nc2nc(NC3(c4ccc(Cl)cc4)CC3)nc(OCC(F)(F)F)n2)cc1)C(=O)O. The number of ether oxygens (including phenoxy) is 1. The lowest BCUT2D eigenvalue weighted by atomic mass is 10.1. The van der Waals surface area contributed by atoms with E-state index in [9.17, 15) is 27.9 Å². The summed E-state index contributed by atoms with van der Waals surface area (Å²) in [6.07, 6.45) is -1.67. The molecule has 16 heteroatoms. The molecule has 1 aromatic heterocycles. The van der Waals surface area contributed by atoms with Crippen molar-refractivity contribution in [2.45, 2.75) is 56.3 Å². The molecular formula is C28H30ClF3N8O4. The van der Waals surface area contributed by atoms with Crippen LogP contribution in [0.15, 0.2) is 48.5 Å². The van der Waals surface area contributed by atoms with Crippen molar-refractivity contribution in [2.24, 2.45) is 5.73 Å². The van der Waals surface area contributed by atoms with Crippen LogP contribution in [0.3, 0.4) is 0 Å². The molecule has 0 spiro atoms. The van der Waals surface area contributed by atoms with Gasteiger partial charge in [-0.25, -0.2) is 4.79 Å². The monoisotopic (exact) mass is 634 g/mol. The maximum Gasteiger partial charge on any atom is 0.422 e. The van der Waals surface area contributed by atoms with Gasteiger partial charge in [-0.15, -0.1) is 0 Å². The molecule has 44 heavy (non-hydrogen) atoms. The summed E-state index contributed by atoms with van der Waals surface area (Å²) in [5, 5.41) is 25.8. The Morgan fingerprint density at radius 3 is 2.30 bits per heavy atom. The van der Waals surface area contributed by atoms with Crippen LogP contribution in [0.5, 0.6) is 6.01 Å². The van der Waals surface area contributed by atoms with E-state index in [1.165, 1.54) is 24.3 Å². The number of nitrogens with one attached hydrogen (secondary N) is 4. The number of unbranched alkanes of at least 4 members (excludes halogenated alkanes) is 1. The number of hydrogen-bond donors (Lipinski definition) is 6. The number of nitrogens with two attached hydrogens (primary N) is 1. The Bertz CT molecular complexity index is 1490. The summed E-state index contributed by atoms with van der Waals surface area (Å²) in [7, 11) is 0. The van der Waals surface area contributed by atoms with Crippen molar-refractivity contribution in [3.63, 3.8) is 0 Å². The van der Waals surface area contributed by atoms with Crippen LogP contribution in [0.25, 0.3) is 0 Å². The van der Waals surface area contributed by atoms with Gasteiger partial charge in [-0.1, -0.05) is 30.2 Å². The zero-order valence-corrected chi connectivity index (χ0v) is 24.0. The molecular weight excluding hydrogens is 605 g/mol. The van der Waals surface area contributed by atoms with E-state index in [4.69, 9.17) is 27.5 Å². The van der Waals surface area contributed by atoms with E-state index in [0.29, 0.717) is 30.0 Å². The number of halogens is 4. The number of carbonyl (C=O) groups is 2. The van der Waals surface area contributed by atoms with Crippen molar-refractivity contribution in [2.75, 3.05) is 17.2 Å². The largest absolute Gasteiger partial charge is 0.480 e. The summed E-state index contributed by atoms with van der Waals surface area (Å²) >= 11 is 6.00. The van der Waals surface area contributed by atoms with Crippen LogP contribution < -0.4 is 26.4 Å². The second-order valence-corrected chi connectivity index (χ2v) is 10.7. The van der Waals surface area contributed by atoms with Gasteiger partial charge in [0.2, 0.25) is 11.9 Å². The number of rotatable bonds is 15. The molecule has 4 rings (SSSR count). The van der Waals surface area contributed by atoms with Gasteiger partial charge in [0.25, 0.3) is 5.91 Å². The Morgan fingerprint density at radius 1 is 1.05 bits per heavy atom. The molecule has 1 aliphatic carbocycles. The van der Waals surface area contributed by atoms with Crippen LogP contribution in [0.2, 0.25) is 5.02 Å². The van der Waals surface area contributed by atoms with Crippen molar-refractivity contribution in [1.82, 2.24) is 20.3 Å². The first-order valence-corrected chi connectivity index (χ1v) is 13.9. The first-order chi connectivity index (χ1) is 20.8. The van der Waals surface area contributed by atoms with Crippen molar-refractivity contribution in [1.29, 1.82) is 5.41 Å². The average Bonchev–Trinajstić information content (AvgIpc) is 3.73. The second kappa shape index (κ2) is 13.8. The number of alkyl halides is 3. The third-order valence-electron chi connectivity index (χ3n) is 6.67. The molecule has 7 N–H and O–H groups in total. The molecule has 1 amide bonds. The predicted molar refractivity (Wildman–Crippen MR) is 156 cm³/mol. The third kappa shape index (κ3) is 9.42. The first kappa shape index (κ1) is 32.3. The maximum atomic E-state index is 12.8. The number of nitrogens with zero attached hydrogens (tertiary/aromatic N) is 3. The van der Waals surface area contributed by atoms with Crippen LogP contribution in [0.4, 0.5) is 30.8 Å². The standard InChI is InChI=1S/C28H30ClF3N8O4/c29-18-9-7-17(8-10-18)27(13-14-27)40-25-37-24(38-26(39-25)44-15-28(30,31)32)35-19-11-5-16(6-12-19)22(41)36-20(23(42)43)3-1-2-4-21(33)34/h5-12,20H,1-4,13-15H2,(H3,33,34)(H,36,41)(H,42,43)(H2,35,37,38,39,40)/t20-/m0/s1. The fraction of sp³-hybridized carbons (Fsp3) is 0.357. The van der Waals surface area contributed by atoms with Gasteiger partial charge in [-0.2, -0.15) is 28.1 Å². The molecule has 1 saturated carbocycles. The average molecular weight is 635 g/mol. The number of carboxylic acids is 1. The van der Waals surface area contributed by atoms with Gasteiger partial charge >= 0.3 is 18.2 Å². The number of aliphatic carboxylic acids is 1. The summed E-state index contributed by atoms with van der Waals surface area (Å²) in [6, 6.07) is 11.4. The second-order valence-electron chi connectivity index (χ2n) is 10.2. The summed E-state index contributed by atoms with van der Waals surface area (Å²) in [5.74, 6) is -1.91. The molecule has 234 valence electrons. The van der Waals surface area contributed by atoms with E-state index in [1.54, 1.807) is 12.1 Å². The smallest absolute Gasteiger partial charge is 0.422 e. The van der Waals surface area contributed by atoms with Crippen molar-refractivity contribution >= 4 is 46.9 Å². The first-order valence-electron chi connectivity index (χ1n) is 13.6. The number of anilines is 3. The van der Waals surface area contributed by atoms with Crippen LogP contribution in [0.1, 0.15) is 54.4 Å². The number of aromatic nitrogens is 3. The van der Waals surface area contributed by atoms with Gasteiger partial charge < -0.3 is 31.5 Å². The van der Waals surface area contributed by atoms with E-state index in [0.717, 1.165) is 18.4 Å². The lowest BCUT2D eigenvalue weighted by Gasteiger charge is -2.19. The normalized spacial score (nSPS) is 14.3. The van der Waals surface area contributed by atoms with Gasteiger partial charge in [0, 0.05) is 22.7 Å². The Hall–Kier alpha value is -4.66. The summed E-state index contributed by atoms with van der Waals surface area (Å²) < 4.78 is 43.3. The molecule has 0 bridgehead atoms. The molecule has 1 fully saturated rings. The zero-order chi connectivity index (χ0) is 31.9. The topological polar surface area (TPSA) is 188 Å². The number of amides is 1. The van der Waals surface area contributed by atoms with Gasteiger partial charge in [0.05, 0.1) is 11.4 Å². The highest BCUT2D eigenvalue weighted by Gasteiger charge is 2.45. The van der Waals surface area contributed by atoms with Gasteiger partial charge in [0.1, 0.15) is 6.04 Å². The quantitative estimate of drug-likeness (QED) is 0.0755. The molecule has 2 aromatic carbocycles. The maximum absolute atomic E-state index is 12.8.